The molecular weight excluding hydrogens is 791 g/mol. The van der Waals surface area contributed by atoms with Crippen molar-refractivity contribution in [2.45, 2.75) is 49.9 Å². The number of anilines is 2. The number of nitrogens with zero attached hydrogens (tertiary/aromatic N) is 1. The van der Waals surface area contributed by atoms with Gasteiger partial charge in [0.2, 0.25) is 26.0 Å². The first-order valence-electron chi connectivity index (χ1n) is 16.8. The highest BCUT2D eigenvalue weighted by Crippen LogP contribution is 2.42. The van der Waals surface area contributed by atoms with Gasteiger partial charge in [0, 0.05) is 0 Å². The quantitative estimate of drug-likeness (QED) is 0.0946. The average molecular weight is 832 g/mol. The first kappa shape index (κ1) is 41.7. The first-order valence-corrected chi connectivity index (χ1v) is 21.6. The summed E-state index contributed by atoms with van der Waals surface area (Å²) in [6.45, 7) is 4.70. The number of carbonyl (C=O) groups is 4. The number of nitrogens with one attached hydrogen (secondary N) is 4. The standard InChI is InChI=1S/C36H41N5O12S3/c1-36(2,3)53-35(46)38-26(22-17-23(39-55(5,47)48)29(42)24(18-22)40-56(6,49)50)31(43)37-27-32(44)41-28(25(51-4)19-54-33(27)41)34(45)52-30(20-13-9-7-10-14-20)21-15-11-8-12-16-21/h7-18,26-27,30,33,39-40,42H,19H2,1-6H3,(H,37,43)(H,38,46)/t26-,27-,33-/m1/s1. The van der Waals surface area contributed by atoms with Crippen LogP contribution in [-0.4, -0.2) is 93.1 Å². The van der Waals surface area contributed by atoms with Crippen LogP contribution in [0.2, 0.25) is 0 Å². The third-order valence-electron chi connectivity index (χ3n) is 8.08. The number of phenolic OH excluding ortho intramolecular Hbond substituents is 1. The number of aromatic hydroxyl groups is 1. The van der Waals surface area contributed by atoms with E-state index in [-0.39, 0.29) is 22.8 Å². The van der Waals surface area contributed by atoms with Crippen molar-refractivity contribution in [2.24, 2.45) is 0 Å². The van der Waals surface area contributed by atoms with Crippen LogP contribution >= 0.6 is 11.8 Å². The zero-order chi connectivity index (χ0) is 41.2. The topological polar surface area (TPSA) is 236 Å². The van der Waals surface area contributed by atoms with Gasteiger partial charge in [0.15, 0.2) is 17.6 Å². The molecule has 0 bridgehead atoms. The van der Waals surface area contributed by atoms with E-state index < -0.39 is 90.2 Å². The normalized spacial score (nSPS) is 17.6. The summed E-state index contributed by atoms with van der Waals surface area (Å²) >= 11 is 1.18. The number of carbonyl (C=O) groups excluding carboxylic acids is 4. The Morgan fingerprint density at radius 3 is 1.86 bits per heavy atom. The van der Waals surface area contributed by atoms with Crippen LogP contribution in [0.25, 0.3) is 0 Å². The van der Waals surface area contributed by atoms with Crippen LogP contribution in [0.1, 0.15) is 49.6 Å². The number of thioether (sulfide) groups is 1. The summed E-state index contributed by atoms with van der Waals surface area (Å²) in [6.07, 6.45) is -0.389. The molecule has 300 valence electrons. The van der Waals surface area contributed by atoms with E-state index >= 15 is 0 Å². The number of β-lactam (4-membered cyclic amide) rings is 1. The molecular formula is C36H41N5O12S3. The van der Waals surface area contributed by atoms with Crippen LogP contribution in [0, 0.1) is 0 Å². The van der Waals surface area contributed by atoms with Crippen LogP contribution in [0.3, 0.4) is 0 Å². The van der Waals surface area contributed by atoms with Gasteiger partial charge >= 0.3 is 12.1 Å². The fourth-order valence-corrected chi connectivity index (χ4v) is 8.25. The van der Waals surface area contributed by atoms with Crippen molar-refractivity contribution in [1.82, 2.24) is 15.5 Å². The minimum Gasteiger partial charge on any atom is -0.504 e. The molecule has 3 amide bonds. The molecule has 0 radical (unpaired) electrons. The predicted octanol–water partition coefficient (Wildman–Crippen LogP) is 3.29. The lowest BCUT2D eigenvalue weighted by Gasteiger charge is -2.49. The molecule has 5 N–H and O–H groups in total. The number of hydrogen-bond donors (Lipinski definition) is 5. The van der Waals surface area contributed by atoms with Crippen LogP contribution in [0.4, 0.5) is 16.2 Å². The van der Waals surface area contributed by atoms with E-state index in [4.69, 9.17) is 14.2 Å². The van der Waals surface area contributed by atoms with Gasteiger partial charge in [0.25, 0.3) is 5.91 Å². The van der Waals surface area contributed by atoms with E-state index in [1.807, 2.05) is 12.1 Å². The molecule has 3 aromatic carbocycles. The molecule has 2 aliphatic heterocycles. The maximum Gasteiger partial charge on any atom is 0.408 e. The van der Waals surface area contributed by atoms with Crippen molar-refractivity contribution in [3.05, 3.63) is 101 Å². The Bertz CT molecular complexity index is 2170. The van der Waals surface area contributed by atoms with Gasteiger partial charge < -0.3 is 30.0 Å². The second-order valence-corrected chi connectivity index (χ2v) is 18.4. The van der Waals surface area contributed by atoms with E-state index in [0.717, 1.165) is 29.5 Å². The highest BCUT2D eigenvalue weighted by Gasteiger charge is 2.55. The molecule has 0 aromatic heterocycles. The second kappa shape index (κ2) is 16.3. The molecule has 2 heterocycles. The largest absolute Gasteiger partial charge is 0.504 e. The SMILES string of the molecule is COC1=C(C(=O)OC(c2ccccc2)c2ccccc2)N2C(=O)[C@@H](NC(=O)[C@H](NC(=O)OC(C)(C)C)c3cc(NS(C)(=O)=O)c(O)c(NS(C)(=O)=O)c3)[C@H]2SC1. The van der Waals surface area contributed by atoms with Gasteiger partial charge in [-0.3, -0.25) is 23.9 Å². The highest BCUT2D eigenvalue weighted by molar-refractivity contribution is 8.00. The summed E-state index contributed by atoms with van der Waals surface area (Å²) in [5.41, 5.74) is -1.12. The van der Waals surface area contributed by atoms with Crippen molar-refractivity contribution < 1.29 is 55.3 Å². The lowest BCUT2D eigenvalue weighted by molar-refractivity contribution is -0.155. The van der Waals surface area contributed by atoms with Crippen LogP contribution < -0.4 is 20.1 Å². The smallest absolute Gasteiger partial charge is 0.408 e. The number of ether oxygens (including phenoxy) is 3. The monoisotopic (exact) mass is 831 g/mol. The summed E-state index contributed by atoms with van der Waals surface area (Å²) in [5.74, 6) is -3.12. The Balaban J connectivity index is 1.46. The molecule has 5 rings (SSSR count). The lowest BCUT2D eigenvalue weighted by atomic mass is 10.00. The number of fused-ring (bicyclic) bond motifs is 1. The Morgan fingerprint density at radius 2 is 1.39 bits per heavy atom. The van der Waals surface area contributed by atoms with E-state index in [0.29, 0.717) is 11.1 Å². The number of rotatable bonds is 13. The Kier molecular flexibility index (Phi) is 12.2. The number of phenols is 1. The molecule has 3 atom stereocenters. The third kappa shape index (κ3) is 10.0. The molecule has 1 fully saturated rings. The maximum absolute atomic E-state index is 14.1. The summed E-state index contributed by atoms with van der Waals surface area (Å²) in [7, 11) is -6.79. The zero-order valence-electron chi connectivity index (χ0n) is 31.1. The van der Waals surface area contributed by atoms with Crippen molar-refractivity contribution in [3.8, 4) is 5.75 Å². The third-order valence-corrected chi connectivity index (χ3v) is 10.5. The summed E-state index contributed by atoms with van der Waals surface area (Å²) in [6, 6.07) is 17.0. The molecule has 17 nitrogen and oxygen atoms in total. The molecule has 0 saturated carbocycles. The van der Waals surface area contributed by atoms with Crippen LogP contribution in [-0.2, 0) is 48.6 Å². The van der Waals surface area contributed by atoms with E-state index in [1.54, 1.807) is 69.3 Å². The fraction of sp³-hybridized carbons (Fsp3) is 0.333. The van der Waals surface area contributed by atoms with E-state index in [2.05, 4.69) is 20.1 Å². The Morgan fingerprint density at radius 1 is 0.875 bits per heavy atom. The van der Waals surface area contributed by atoms with Gasteiger partial charge in [0.05, 0.1) is 36.7 Å². The number of hydrogen-bond acceptors (Lipinski definition) is 13. The predicted molar refractivity (Wildman–Crippen MR) is 207 cm³/mol. The van der Waals surface area contributed by atoms with Crippen molar-refractivity contribution in [3.63, 3.8) is 0 Å². The Hall–Kier alpha value is -5.47. The number of benzene rings is 3. The number of sulfonamides is 2. The van der Waals surface area contributed by atoms with Gasteiger partial charge in [-0.1, -0.05) is 60.7 Å². The van der Waals surface area contributed by atoms with Crippen molar-refractivity contribution in [1.29, 1.82) is 0 Å². The fourth-order valence-electron chi connectivity index (χ4n) is 5.82. The molecule has 20 heteroatoms. The molecule has 3 aromatic rings. The van der Waals surface area contributed by atoms with Crippen LogP contribution in [0.15, 0.2) is 84.3 Å². The lowest BCUT2D eigenvalue weighted by Crippen LogP contribution is -2.71. The average Bonchev–Trinajstić information content (AvgIpc) is 3.11. The van der Waals surface area contributed by atoms with Gasteiger partial charge in [-0.05, 0) is 49.6 Å². The van der Waals surface area contributed by atoms with Gasteiger partial charge in [-0.25, -0.2) is 26.4 Å². The first-order chi connectivity index (χ1) is 26.2. The molecule has 0 aliphatic carbocycles. The minimum absolute atomic E-state index is 0.113. The highest BCUT2D eigenvalue weighted by atomic mass is 32.2. The number of amides is 3. The molecule has 0 spiro atoms. The minimum atomic E-state index is -4.07. The van der Waals surface area contributed by atoms with Gasteiger partial charge in [0.1, 0.15) is 28.8 Å². The Labute approximate surface area is 328 Å². The summed E-state index contributed by atoms with van der Waals surface area (Å²) < 4.78 is 69.7. The summed E-state index contributed by atoms with van der Waals surface area (Å²) in [4.78, 5) is 56.2. The second-order valence-electron chi connectivity index (χ2n) is 13.8. The summed E-state index contributed by atoms with van der Waals surface area (Å²) in [5, 5.41) is 14.9. The molecule has 0 unspecified atom stereocenters. The van der Waals surface area contributed by atoms with Crippen molar-refractivity contribution in [2.75, 3.05) is 34.8 Å². The molecule has 56 heavy (non-hydrogen) atoms. The number of esters is 1. The zero-order valence-corrected chi connectivity index (χ0v) is 33.5. The van der Waals surface area contributed by atoms with Crippen molar-refractivity contribution >= 4 is 67.1 Å². The maximum atomic E-state index is 14.1. The molecule has 2 aliphatic rings. The van der Waals surface area contributed by atoms with Gasteiger partial charge in [-0.15, -0.1) is 11.8 Å². The van der Waals surface area contributed by atoms with E-state index in [9.17, 15) is 41.1 Å². The number of alkyl carbamates (subject to hydrolysis) is 1. The van der Waals surface area contributed by atoms with Crippen LogP contribution in [0.5, 0.6) is 5.75 Å². The van der Waals surface area contributed by atoms with E-state index in [1.165, 1.54) is 18.9 Å². The molecule has 1 saturated heterocycles. The van der Waals surface area contributed by atoms with Gasteiger partial charge in [-0.2, -0.15) is 0 Å². The number of methoxy groups -OCH3 is 1.